The van der Waals surface area contributed by atoms with Crippen LogP contribution < -0.4 is 5.32 Å². The van der Waals surface area contributed by atoms with Crippen molar-refractivity contribution in [3.8, 4) is 0 Å². The summed E-state index contributed by atoms with van der Waals surface area (Å²) in [7, 11) is 0. The molecule has 0 aromatic rings. The number of allylic oxidation sites excluding steroid dienone is 7. The first-order chi connectivity index (χ1) is 31.3. The molecule has 374 valence electrons. The van der Waals surface area contributed by atoms with Crippen molar-refractivity contribution in [1.82, 2.24) is 5.32 Å². The van der Waals surface area contributed by atoms with Crippen molar-refractivity contribution in [2.24, 2.45) is 0 Å². The second-order valence-electron chi connectivity index (χ2n) is 18.6. The molecule has 1 aliphatic heterocycles. The third kappa shape index (κ3) is 34.5. The van der Waals surface area contributed by atoms with Crippen molar-refractivity contribution in [2.75, 3.05) is 13.2 Å². The highest BCUT2D eigenvalue weighted by molar-refractivity contribution is 5.76. The minimum Gasteiger partial charge on any atom is -0.394 e. The van der Waals surface area contributed by atoms with E-state index in [1.54, 1.807) is 6.08 Å². The quantitative estimate of drug-likeness (QED) is 0.0261. The zero-order valence-electron chi connectivity index (χ0n) is 41.3. The summed E-state index contributed by atoms with van der Waals surface area (Å²) in [5.74, 6) is -0.195. The number of rotatable bonds is 45. The Bertz CT molecular complexity index is 1140. The smallest absolute Gasteiger partial charge is 0.220 e. The van der Waals surface area contributed by atoms with Crippen molar-refractivity contribution in [2.45, 2.75) is 281 Å². The van der Waals surface area contributed by atoms with Crippen molar-refractivity contribution in [3.05, 3.63) is 48.6 Å². The van der Waals surface area contributed by atoms with Crippen molar-refractivity contribution in [1.29, 1.82) is 0 Å². The van der Waals surface area contributed by atoms with Crippen LogP contribution in [-0.4, -0.2) is 87.5 Å². The number of aliphatic hydroxyl groups excluding tert-OH is 5. The topological polar surface area (TPSA) is 149 Å². The Morgan fingerprint density at radius 1 is 0.516 bits per heavy atom. The highest BCUT2D eigenvalue weighted by Gasteiger charge is 2.44. The number of ether oxygens (including phenoxy) is 2. The zero-order chi connectivity index (χ0) is 46.6. The molecule has 1 fully saturated rings. The Morgan fingerprint density at radius 2 is 0.891 bits per heavy atom. The molecule has 1 heterocycles. The highest BCUT2D eigenvalue weighted by Crippen LogP contribution is 2.23. The van der Waals surface area contributed by atoms with Gasteiger partial charge in [0.25, 0.3) is 0 Å². The Hall–Kier alpha value is -1.85. The van der Waals surface area contributed by atoms with Crippen molar-refractivity contribution < 1.29 is 39.8 Å². The maximum Gasteiger partial charge on any atom is 0.220 e. The Kier molecular flexibility index (Phi) is 42.3. The maximum absolute atomic E-state index is 13.0. The number of carbonyl (C=O) groups is 1. The molecule has 7 unspecified atom stereocenters. The molecule has 7 atom stereocenters. The fraction of sp³-hybridized carbons (Fsp3) is 0.836. The number of hydrogen-bond donors (Lipinski definition) is 6. The van der Waals surface area contributed by atoms with Crippen LogP contribution in [0.25, 0.3) is 0 Å². The summed E-state index contributed by atoms with van der Waals surface area (Å²) in [5, 5.41) is 54.4. The number of aliphatic hydroxyl groups is 5. The molecule has 0 radical (unpaired) electrons. The predicted molar refractivity (Wildman–Crippen MR) is 267 cm³/mol. The Morgan fingerprint density at radius 3 is 1.31 bits per heavy atom. The first-order valence-electron chi connectivity index (χ1n) is 26.9. The maximum atomic E-state index is 13.0. The molecule has 0 aromatic carbocycles. The lowest BCUT2D eigenvalue weighted by molar-refractivity contribution is -0.302. The molecule has 64 heavy (non-hydrogen) atoms. The van der Waals surface area contributed by atoms with Crippen molar-refractivity contribution in [3.63, 3.8) is 0 Å². The fourth-order valence-electron chi connectivity index (χ4n) is 8.30. The minimum absolute atomic E-state index is 0.195. The molecule has 9 heteroatoms. The van der Waals surface area contributed by atoms with Gasteiger partial charge < -0.3 is 40.3 Å². The summed E-state index contributed by atoms with van der Waals surface area (Å²) in [6.45, 7) is 3.76. The van der Waals surface area contributed by atoms with Gasteiger partial charge in [0.2, 0.25) is 5.91 Å². The van der Waals surface area contributed by atoms with E-state index in [2.05, 4.69) is 55.6 Å². The van der Waals surface area contributed by atoms with Crippen LogP contribution in [0.4, 0.5) is 0 Å². The Labute approximate surface area is 393 Å². The zero-order valence-corrected chi connectivity index (χ0v) is 41.3. The molecular weight excluding hydrogens is 803 g/mol. The van der Waals surface area contributed by atoms with Crippen LogP contribution in [0.3, 0.4) is 0 Å². The van der Waals surface area contributed by atoms with Crippen LogP contribution in [-0.2, 0) is 14.3 Å². The van der Waals surface area contributed by atoms with Gasteiger partial charge in [-0.25, -0.2) is 0 Å². The van der Waals surface area contributed by atoms with Gasteiger partial charge in [0, 0.05) is 6.42 Å². The molecular formula is C55H101NO8. The number of unbranched alkanes of at least 4 members (excludes halogenated alkanes) is 29. The summed E-state index contributed by atoms with van der Waals surface area (Å²) in [6, 6.07) is -0.831. The summed E-state index contributed by atoms with van der Waals surface area (Å²) < 4.78 is 11.2. The van der Waals surface area contributed by atoms with Gasteiger partial charge in [0.05, 0.1) is 25.4 Å². The Balaban J connectivity index is 2.32. The largest absolute Gasteiger partial charge is 0.394 e. The lowest BCUT2D eigenvalue weighted by atomic mass is 9.99. The van der Waals surface area contributed by atoms with E-state index in [1.165, 1.54) is 161 Å². The summed E-state index contributed by atoms with van der Waals surface area (Å²) in [5.41, 5.74) is 0. The summed E-state index contributed by atoms with van der Waals surface area (Å²) >= 11 is 0. The van der Waals surface area contributed by atoms with Gasteiger partial charge in [-0.3, -0.25) is 4.79 Å². The van der Waals surface area contributed by atoms with E-state index in [9.17, 15) is 30.3 Å². The molecule has 0 spiro atoms. The first kappa shape index (κ1) is 60.2. The lowest BCUT2D eigenvalue weighted by Gasteiger charge is -2.40. The lowest BCUT2D eigenvalue weighted by Crippen LogP contribution is -2.60. The molecule has 0 aromatic heterocycles. The van der Waals surface area contributed by atoms with Crippen LogP contribution in [0.5, 0.6) is 0 Å². The number of hydrogen-bond acceptors (Lipinski definition) is 8. The van der Waals surface area contributed by atoms with E-state index in [-0.39, 0.29) is 12.5 Å². The average Bonchev–Trinajstić information content (AvgIpc) is 3.29. The minimum atomic E-state index is -1.58. The second-order valence-corrected chi connectivity index (χ2v) is 18.6. The monoisotopic (exact) mass is 904 g/mol. The van der Waals surface area contributed by atoms with Gasteiger partial charge in [-0.1, -0.05) is 210 Å². The standard InChI is InChI=1S/C55H101NO8/c1-3-5-7-9-11-13-15-17-19-21-23-24-25-27-28-30-32-34-36-38-40-42-44-49(58)48(47-63-55-54(62)53(61)52(60)50(46-57)64-55)56-51(59)45-43-41-39-37-35-33-31-29-26-22-20-18-16-14-12-10-8-6-4-2/h22,26-28,34,36,42,44,48-50,52-55,57-58,60-62H,3-21,23-25,29-33,35,37-41,43,45-47H2,1-2H3,(H,56,59)/b26-22-,28-27+,36-34+,44-42+. The van der Waals surface area contributed by atoms with Crippen LogP contribution in [0, 0.1) is 0 Å². The first-order valence-corrected chi connectivity index (χ1v) is 26.9. The van der Waals surface area contributed by atoms with Crippen LogP contribution in [0.2, 0.25) is 0 Å². The van der Waals surface area contributed by atoms with Gasteiger partial charge >= 0.3 is 0 Å². The van der Waals surface area contributed by atoms with Crippen LogP contribution >= 0.6 is 0 Å². The van der Waals surface area contributed by atoms with E-state index in [4.69, 9.17) is 9.47 Å². The van der Waals surface area contributed by atoms with Gasteiger partial charge in [0.15, 0.2) is 6.29 Å². The van der Waals surface area contributed by atoms with E-state index < -0.39 is 49.5 Å². The molecule has 0 saturated carbocycles. The molecule has 6 N–H and O–H groups in total. The van der Waals surface area contributed by atoms with Gasteiger partial charge in [-0.05, 0) is 70.6 Å². The van der Waals surface area contributed by atoms with Gasteiger partial charge in [0.1, 0.15) is 24.4 Å². The summed E-state index contributed by atoms with van der Waals surface area (Å²) in [4.78, 5) is 13.0. The molecule has 1 rings (SSSR count). The number of nitrogens with one attached hydrogen (secondary N) is 1. The van der Waals surface area contributed by atoms with E-state index in [0.717, 1.165) is 57.8 Å². The van der Waals surface area contributed by atoms with Gasteiger partial charge in [-0.2, -0.15) is 0 Å². The van der Waals surface area contributed by atoms with E-state index in [1.807, 2.05) is 6.08 Å². The second kappa shape index (κ2) is 45.0. The third-order valence-electron chi connectivity index (χ3n) is 12.6. The molecule has 1 aliphatic rings. The molecule has 1 saturated heterocycles. The summed E-state index contributed by atoms with van der Waals surface area (Å²) in [6.07, 6.45) is 51.6. The van der Waals surface area contributed by atoms with E-state index in [0.29, 0.717) is 6.42 Å². The number of amides is 1. The van der Waals surface area contributed by atoms with Crippen molar-refractivity contribution >= 4 is 5.91 Å². The van der Waals surface area contributed by atoms with Crippen LogP contribution in [0.1, 0.15) is 239 Å². The normalized spacial score (nSPS) is 20.4. The SMILES string of the molecule is CCCCCCCCCC/C=C\CCCCCCCCCC(=O)NC(COC1OC(CO)C(O)C(O)C1O)C(O)/C=C/CC/C=C/CC/C=C/CCCCCCCCCCCCCC. The van der Waals surface area contributed by atoms with Gasteiger partial charge in [-0.15, -0.1) is 0 Å². The predicted octanol–water partition coefficient (Wildman–Crippen LogP) is 12.6. The average molecular weight is 904 g/mol. The third-order valence-corrected chi connectivity index (χ3v) is 12.6. The highest BCUT2D eigenvalue weighted by atomic mass is 16.7. The molecule has 0 bridgehead atoms. The molecule has 0 aliphatic carbocycles. The van der Waals surface area contributed by atoms with Crippen LogP contribution in [0.15, 0.2) is 48.6 Å². The van der Waals surface area contributed by atoms with E-state index >= 15 is 0 Å². The molecule has 9 nitrogen and oxygen atoms in total. The fourth-order valence-corrected chi connectivity index (χ4v) is 8.30. The number of carbonyl (C=O) groups excluding carboxylic acids is 1. The molecule has 1 amide bonds.